The monoisotopic (exact) mass is 254 g/mol. The lowest BCUT2D eigenvalue weighted by atomic mass is 9.92. The largest absolute Gasteiger partial charge is 0.481 e. The van der Waals surface area contributed by atoms with Crippen molar-refractivity contribution < 1.29 is 14.7 Å². The van der Waals surface area contributed by atoms with Gasteiger partial charge in [-0.05, 0) is 44.6 Å². The van der Waals surface area contributed by atoms with Gasteiger partial charge in [0.1, 0.15) is 0 Å². The van der Waals surface area contributed by atoms with E-state index in [1.54, 1.807) is 0 Å². The van der Waals surface area contributed by atoms with Gasteiger partial charge in [0.15, 0.2) is 0 Å². The van der Waals surface area contributed by atoms with Gasteiger partial charge in [-0.2, -0.15) is 0 Å². The number of hydrogen-bond acceptors (Lipinski definition) is 3. The van der Waals surface area contributed by atoms with Crippen molar-refractivity contribution in [3.05, 3.63) is 0 Å². The summed E-state index contributed by atoms with van der Waals surface area (Å²) in [6, 6.07) is -0.194. The minimum Gasteiger partial charge on any atom is -0.481 e. The molecular formula is C13H22N2O3. The number of carbonyl (C=O) groups excluding carboxylic acids is 1. The number of rotatable bonds is 6. The van der Waals surface area contributed by atoms with E-state index in [1.807, 2.05) is 6.92 Å². The van der Waals surface area contributed by atoms with Crippen LogP contribution in [0.15, 0.2) is 0 Å². The van der Waals surface area contributed by atoms with Gasteiger partial charge in [0.25, 0.3) is 0 Å². The predicted molar refractivity (Wildman–Crippen MR) is 67.2 cm³/mol. The smallest absolute Gasteiger partial charge is 0.305 e. The van der Waals surface area contributed by atoms with Crippen molar-refractivity contribution in [2.75, 3.05) is 6.54 Å². The van der Waals surface area contributed by atoms with Gasteiger partial charge in [-0.1, -0.05) is 6.92 Å². The number of amides is 1. The van der Waals surface area contributed by atoms with Crippen molar-refractivity contribution in [2.45, 2.75) is 57.0 Å². The Hall–Kier alpha value is -1.10. The molecule has 0 bridgehead atoms. The zero-order valence-electron chi connectivity index (χ0n) is 10.9. The van der Waals surface area contributed by atoms with Crippen LogP contribution in [-0.2, 0) is 9.59 Å². The standard InChI is InChI=1S/C13H22N2O3/c1-2-13(6-3-7-14-13)12(18)15-10(8-11(16)17)9-4-5-9/h9-10,14H,2-8H2,1H3,(H,15,18)(H,16,17). The highest BCUT2D eigenvalue weighted by Gasteiger charge is 2.42. The molecule has 2 fully saturated rings. The molecule has 1 saturated carbocycles. The fourth-order valence-corrected chi connectivity index (χ4v) is 2.79. The minimum atomic E-state index is -0.836. The van der Waals surface area contributed by atoms with Crippen molar-refractivity contribution in [1.29, 1.82) is 0 Å². The SMILES string of the molecule is CCC1(C(=O)NC(CC(=O)O)C2CC2)CCCN1. The average molecular weight is 254 g/mol. The lowest BCUT2D eigenvalue weighted by Gasteiger charge is -2.29. The second kappa shape index (κ2) is 5.26. The molecule has 0 radical (unpaired) electrons. The Morgan fingerprint density at radius 1 is 1.50 bits per heavy atom. The summed E-state index contributed by atoms with van der Waals surface area (Å²) in [6.07, 6.45) is 4.71. The molecule has 2 atom stereocenters. The fourth-order valence-electron chi connectivity index (χ4n) is 2.79. The Balaban J connectivity index is 1.97. The molecule has 2 unspecified atom stereocenters. The van der Waals surface area contributed by atoms with Gasteiger partial charge < -0.3 is 15.7 Å². The molecule has 1 heterocycles. The number of nitrogens with one attached hydrogen (secondary N) is 2. The molecule has 0 aromatic rings. The van der Waals surface area contributed by atoms with Crippen molar-refractivity contribution >= 4 is 11.9 Å². The third-order valence-electron chi connectivity index (χ3n) is 4.18. The second-order valence-electron chi connectivity index (χ2n) is 5.48. The van der Waals surface area contributed by atoms with Gasteiger partial charge in [-0.25, -0.2) is 0 Å². The highest BCUT2D eigenvalue weighted by atomic mass is 16.4. The molecule has 3 N–H and O–H groups in total. The highest BCUT2D eigenvalue weighted by Crippen LogP contribution is 2.34. The number of carboxylic acids is 1. The summed E-state index contributed by atoms with van der Waals surface area (Å²) >= 11 is 0. The van der Waals surface area contributed by atoms with Gasteiger partial charge in [0.05, 0.1) is 12.0 Å². The normalized spacial score (nSPS) is 28.9. The molecule has 1 aliphatic carbocycles. The summed E-state index contributed by atoms with van der Waals surface area (Å²) in [5.41, 5.74) is -0.467. The van der Waals surface area contributed by atoms with Crippen molar-refractivity contribution in [2.24, 2.45) is 5.92 Å². The van der Waals surface area contributed by atoms with Crippen LogP contribution in [0, 0.1) is 5.92 Å². The first-order chi connectivity index (χ1) is 8.57. The molecule has 102 valence electrons. The summed E-state index contributed by atoms with van der Waals surface area (Å²) in [6.45, 7) is 2.87. The van der Waals surface area contributed by atoms with Crippen LogP contribution in [0.5, 0.6) is 0 Å². The zero-order valence-corrected chi connectivity index (χ0v) is 10.9. The first kappa shape index (κ1) is 13.3. The molecule has 1 aliphatic heterocycles. The molecule has 0 aromatic heterocycles. The van der Waals surface area contributed by atoms with Crippen molar-refractivity contribution in [3.63, 3.8) is 0 Å². The Kier molecular flexibility index (Phi) is 3.90. The van der Waals surface area contributed by atoms with E-state index in [-0.39, 0.29) is 18.4 Å². The Morgan fingerprint density at radius 2 is 2.22 bits per heavy atom. The van der Waals surface area contributed by atoms with Gasteiger partial charge >= 0.3 is 5.97 Å². The molecule has 2 aliphatic rings. The number of aliphatic carboxylic acids is 1. The van der Waals surface area contributed by atoms with Crippen LogP contribution in [0.25, 0.3) is 0 Å². The first-order valence-electron chi connectivity index (χ1n) is 6.85. The topological polar surface area (TPSA) is 78.4 Å². The van der Waals surface area contributed by atoms with Crippen molar-refractivity contribution in [1.82, 2.24) is 10.6 Å². The molecule has 5 nitrogen and oxygen atoms in total. The fraction of sp³-hybridized carbons (Fsp3) is 0.846. The van der Waals surface area contributed by atoms with E-state index in [0.717, 1.165) is 38.6 Å². The average Bonchev–Trinajstić information content (AvgIpc) is 3.05. The molecular weight excluding hydrogens is 232 g/mol. The van der Waals surface area contributed by atoms with E-state index < -0.39 is 11.5 Å². The molecule has 2 rings (SSSR count). The van der Waals surface area contributed by atoms with Crippen LogP contribution in [0.4, 0.5) is 0 Å². The summed E-state index contributed by atoms with van der Waals surface area (Å²) in [7, 11) is 0. The van der Waals surface area contributed by atoms with Crippen LogP contribution in [0.1, 0.15) is 45.4 Å². The van der Waals surface area contributed by atoms with Crippen LogP contribution < -0.4 is 10.6 Å². The van der Waals surface area contributed by atoms with Crippen LogP contribution in [-0.4, -0.2) is 35.1 Å². The molecule has 18 heavy (non-hydrogen) atoms. The van der Waals surface area contributed by atoms with E-state index in [2.05, 4.69) is 10.6 Å². The first-order valence-corrected chi connectivity index (χ1v) is 6.85. The molecule has 0 aromatic carbocycles. The predicted octanol–water partition coefficient (Wildman–Crippen LogP) is 0.888. The lowest BCUT2D eigenvalue weighted by Crippen LogP contribution is -2.56. The minimum absolute atomic E-state index is 0.0133. The van der Waals surface area contributed by atoms with Crippen LogP contribution >= 0.6 is 0 Å². The Morgan fingerprint density at radius 3 is 2.67 bits per heavy atom. The van der Waals surface area contributed by atoms with E-state index in [1.165, 1.54) is 0 Å². The summed E-state index contributed by atoms with van der Waals surface area (Å²) in [5, 5.41) is 15.1. The Bertz CT molecular complexity index is 333. The Labute approximate surface area is 107 Å². The molecule has 5 heteroatoms. The third kappa shape index (κ3) is 2.83. The van der Waals surface area contributed by atoms with Crippen LogP contribution in [0.3, 0.4) is 0 Å². The van der Waals surface area contributed by atoms with E-state index in [4.69, 9.17) is 5.11 Å². The summed E-state index contributed by atoms with van der Waals surface area (Å²) in [5.74, 6) is -0.488. The maximum absolute atomic E-state index is 12.4. The maximum Gasteiger partial charge on any atom is 0.305 e. The maximum atomic E-state index is 12.4. The van der Waals surface area contributed by atoms with E-state index in [0.29, 0.717) is 5.92 Å². The second-order valence-corrected chi connectivity index (χ2v) is 5.48. The highest BCUT2D eigenvalue weighted by molar-refractivity contribution is 5.87. The zero-order chi connectivity index (χ0) is 13.2. The summed E-state index contributed by atoms with van der Waals surface area (Å²) in [4.78, 5) is 23.2. The van der Waals surface area contributed by atoms with Gasteiger partial charge in [-0.3, -0.25) is 9.59 Å². The quantitative estimate of drug-likeness (QED) is 0.657. The van der Waals surface area contributed by atoms with Crippen molar-refractivity contribution in [3.8, 4) is 0 Å². The molecule has 1 amide bonds. The van der Waals surface area contributed by atoms with E-state index in [9.17, 15) is 9.59 Å². The van der Waals surface area contributed by atoms with Gasteiger partial charge in [-0.15, -0.1) is 0 Å². The van der Waals surface area contributed by atoms with Gasteiger partial charge in [0.2, 0.25) is 5.91 Å². The number of carboxylic acid groups (broad SMARTS) is 1. The lowest BCUT2D eigenvalue weighted by molar-refractivity contribution is -0.138. The molecule has 0 spiro atoms. The van der Waals surface area contributed by atoms with Crippen LogP contribution in [0.2, 0.25) is 0 Å². The molecule has 1 saturated heterocycles. The van der Waals surface area contributed by atoms with E-state index >= 15 is 0 Å². The number of hydrogen-bond donors (Lipinski definition) is 3. The third-order valence-corrected chi connectivity index (χ3v) is 4.18. The van der Waals surface area contributed by atoms with Gasteiger partial charge in [0, 0.05) is 6.04 Å². The number of carbonyl (C=O) groups is 2. The summed E-state index contributed by atoms with van der Waals surface area (Å²) < 4.78 is 0.